The average Bonchev–Trinajstić information content (AvgIpc) is 3.06. The third-order valence-corrected chi connectivity index (χ3v) is 4.47. The van der Waals surface area contributed by atoms with Crippen LogP contribution in [0.2, 0.25) is 0 Å². The van der Waals surface area contributed by atoms with Gasteiger partial charge in [-0.2, -0.15) is 4.99 Å². The molecule has 3 rings (SSSR count). The molecule has 0 saturated carbocycles. The molecule has 0 aromatic heterocycles. The van der Waals surface area contributed by atoms with Crippen LogP contribution in [-0.2, 0) is 0 Å². The summed E-state index contributed by atoms with van der Waals surface area (Å²) >= 11 is 1.00. The molecule has 0 spiro atoms. The van der Waals surface area contributed by atoms with Crippen molar-refractivity contribution < 1.29 is 14.8 Å². The molecule has 1 aliphatic rings. The number of anilines is 1. The number of nitrogens with zero attached hydrogens (tertiary/aromatic N) is 3. The maximum atomic E-state index is 12.4. The molecule has 2 aromatic rings. The molecular formula is C17H13N4O4S-. The van der Waals surface area contributed by atoms with Crippen molar-refractivity contribution in [3.63, 3.8) is 0 Å². The van der Waals surface area contributed by atoms with Gasteiger partial charge in [0.1, 0.15) is 0 Å². The third kappa shape index (κ3) is 3.67. The summed E-state index contributed by atoms with van der Waals surface area (Å²) in [6.07, 6.45) is 0. The van der Waals surface area contributed by atoms with Crippen LogP contribution in [0.4, 0.5) is 11.4 Å². The van der Waals surface area contributed by atoms with Crippen molar-refractivity contribution in [2.24, 2.45) is 4.99 Å². The smallest absolute Gasteiger partial charge is 0.279 e. The minimum atomic E-state index is -0.520. The lowest BCUT2D eigenvalue weighted by molar-refractivity contribution is -0.384. The van der Waals surface area contributed by atoms with Gasteiger partial charge >= 0.3 is 0 Å². The molecule has 1 N–H and O–H groups in total. The second kappa shape index (κ2) is 7.28. The molecule has 0 bridgehead atoms. The number of hydrogen-bond acceptors (Lipinski definition) is 6. The molecule has 2 aromatic carbocycles. The number of nitrogens with one attached hydrogen (secondary N) is 1. The van der Waals surface area contributed by atoms with Crippen LogP contribution in [0, 0.1) is 10.1 Å². The summed E-state index contributed by atoms with van der Waals surface area (Å²) in [6, 6.07) is 14.3. The van der Waals surface area contributed by atoms with Gasteiger partial charge in [0.15, 0.2) is 5.17 Å². The summed E-state index contributed by atoms with van der Waals surface area (Å²) in [7, 11) is 0. The van der Waals surface area contributed by atoms with Crippen LogP contribution < -0.4 is 15.5 Å². The van der Waals surface area contributed by atoms with Crippen molar-refractivity contribution in [2.45, 2.75) is 6.92 Å². The van der Waals surface area contributed by atoms with Crippen molar-refractivity contribution >= 4 is 34.2 Å². The zero-order valence-corrected chi connectivity index (χ0v) is 14.4. The predicted molar refractivity (Wildman–Crippen MR) is 97.2 cm³/mol. The number of hydrazine groups is 1. The van der Waals surface area contributed by atoms with E-state index in [2.05, 4.69) is 10.4 Å². The molecule has 8 nitrogen and oxygen atoms in total. The second-order valence-corrected chi connectivity index (χ2v) is 6.25. The first-order valence-electron chi connectivity index (χ1n) is 7.51. The minimum Gasteiger partial charge on any atom is -0.874 e. The predicted octanol–water partition coefficient (Wildman–Crippen LogP) is 2.40. The Kier molecular flexibility index (Phi) is 4.90. The van der Waals surface area contributed by atoms with Gasteiger partial charge in [0.25, 0.3) is 11.6 Å². The molecular weight excluding hydrogens is 356 g/mol. The SMILES string of the molecule is CC([O-])=C1NN(c2cccc([N+](=O)[O-])c2)C(=NC(=O)c2ccccc2)S1. The Hall–Kier alpha value is -3.33. The number of benzene rings is 2. The van der Waals surface area contributed by atoms with Gasteiger partial charge in [-0.3, -0.25) is 20.3 Å². The molecule has 1 heterocycles. The van der Waals surface area contributed by atoms with E-state index in [-0.39, 0.29) is 21.6 Å². The van der Waals surface area contributed by atoms with E-state index in [4.69, 9.17) is 0 Å². The summed E-state index contributed by atoms with van der Waals surface area (Å²) < 4.78 is 0. The van der Waals surface area contributed by atoms with Gasteiger partial charge in [-0.25, -0.2) is 5.01 Å². The van der Waals surface area contributed by atoms with Gasteiger partial charge in [-0.15, -0.1) is 5.76 Å². The number of amidine groups is 1. The standard InChI is InChI=1S/C17H14N4O4S/c1-11(22)16-19-20(13-8-5-9-14(10-13)21(24)25)17(26-16)18-15(23)12-6-3-2-4-7-12/h2-10,19,22H,1H3/p-1. The second-order valence-electron chi connectivity index (χ2n) is 5.28. The Bertz CT molecular complexity index is 923. The number of nitro benzene ring substituents is 1. The van der Waals surface area contributed by atoms with Crippen LogP contribution in [0.3, 0.4) is 0 Å². The Labute approximate surface area is 153 Å². The summed E-state index contributed by atoms with van der Waals surface area (Å²) in [5.74, 6) is -0.710. The van der Waals surface area contributed by atoms with Crippen LogP contribution in [0.15, 0.2) is 70.4 Å². The normalized spacial score (nSPS) is 17.1. The molecule has 132 valence electrons. The maximum absolute atomic E-state index is 12.4. The van der Waals surface area contributed by atoms with Crippen molar-refractivity contribution in [1.29, 1.82) is 0 Å². The molecule has 0 atom stereocenters. The molecule has 0 unspecified atom stereocenters. The van der Waals surface area contributed by atoms with Gasteiger partial charge in [0.05, 0.1) is 15.6 Å². The number of rotatable bonds is 3. The first-order valence-corrected chi connectivity index (χ1v) is 8.32. The Morgan fingerprint density at radius 1 is 1.19 bits per heavy atom. The van der Waals surface area contributed by atoms with E-state index >= 15 is 0 Å². The molecule has 0 radical (unpaired) electrons. The van der Waals surface area contributed by atoms with Gasteiger partial charge in [-0.1, -0.05) is 31.2 Å². The largest absolute Gasteiger partial charge is 0.874 e. The van der Waals surface area contributed by atoms with E-state index in [1.807, 2.05) is 0 Å². The Morgan fingerprint density at radius 3 is 2.58 bits per heavy atom. The number of non-ortho nitro benzene ring substituents is 1. The van der Waals surface area contributed by atoms with E-state index < -0.39 is 10.8 Å². The highest BCUT2D eigenvalue weighted by molar-refractivity contribution is 8.17. The summed E-state index contributed by atoms with van der Waals surface area (Å²) in [4.78, 5) is 26.9. The molecule has 1 fully saturated rings. The van der Waals surface area contributed by atoms with Crippen LogP contribution in [-0.4, -0.2) is 16.0 Å². The van der Waals surface area contributed by atoms with Crippen LogP contribution in [0.25, 0.3) is 0 Å². The number of hydrogen-bond donors (Lipinski definition) is 1. The highest BCUT2D eigenvalue weighted by Gasteiger charge is 2.27. The minimum absolute atomic E-state index is 0.112. The van der Waals surface area contributed by atoms with Gasteiger partial charge < -0.3 is 5.11 Å². The van der Waals surface area contributed by atoms with Gasteiger partial charge in [0.2, 0.25) is 0 Å². The molecule has 1 aliphatic heterocycles. The molecule has 26 heavy (non-hydrogen) atoms. The first-order chi connectivity index (χ1) is 12.5. The number of carbonyl (C=O) groups excluding carboxylic acids is 1. The molecule has 1 amide bonds. The van der Waals surface area contributed by atoms with Crippen molar-refractivity contribution in [3.8, 4) is 0 Å². The summed E-state index contributed by atoms with van der Waals surface area (Å²) in [6.45, 7) is 1.38. The van der Waals surface area contributed by atoms with Crippen molar-refractivity contribution in [2.75, 3.05) is 5.01 Å². The lowest BCUT2D eigenvalue weighted by Crippen LogP contribution is -2.34. The maximum Gasteiger partial charge on any atom is 0.279 e. The Morgan fingerprint density at radius 2 is 1.92 bits per heavy atom. The zero-order chi connectivity index (χ0) is 18.7. The zero-order valence-electron chi connectivity index (χ0n) is 13.6. The number of allylic oxidation sites excluding steroid dienone is 1. The molecule has 0 aliphatic carbocycles. The van der Waals surface area contributed by atoms with E-state index in [0.29, 0.717) is 11.3 Å². The van der Waals surface area contributed by atoms with Crippen LogP contribution >= 0.6 is 11.8 Å². The molecule has 1 saturated heterocycles. The topological polar surface area (TPSA) is 111 Å². The van der Waals surface area contributed by atoms with E-state index in [0.717, 1.165) is 11.8 Å². The van der Waals surface area contributed by atoms with Gasteiger partial charge in [0, 0.05) is 17.7 Å². The first kappa shape index (κ1) is 17.5. The van der Waals surface area contributed by atoms with E-state index in [9.17, 15) is 20.0 Å². The highest BCUT2D eigenvalue weighted by Crippen LogP contribution is 2.32. The fourth-order valence-corrected chi connectivity index (χ4v) is 3.02. The van der Waals surface area contributed by atoms with E-state index in [1.54, 1.807) is 36.4 Å². The summed E-state index contributed by atoms with van der Waals surface area (Å²) in [5, 5.41) is 24.6. The fraction of sp³-hybridized carbons (Fsp3) is 0.0588. The lowest BCUT2D eigenvalue weighted by atomic mass is 10.2. The number of amides is 1. The quantitative estimate of drug-likeness (QED) is 0.502. The number of carbonyl (C=O) groups is 1. The van der Waals surface area contributed by atoms with E-state index in [1.165, 1.54) is 30.1 Å². The van der Waals surface area contributed by atoms with Crippen LogP contribution in [0.5, 0.6) is 0 Å². The highest BCUT2D eigenvalue weighted by atomic mass is 32.2. The van der Waals surface area contributed by atoms with Crippen molar-refractivity contribution in [1.82, 2.24) is 5.43 Å². The van der Waals surface area contributed by atoms with Crippen molar-refractivity contribution in [3.05, 3.63) is 81.1 Å². The number of aliphatic imine (C=N–C) groups is 1. The lowest BCUT2D eigenvalue weighted by Gasteiger charge is -2.18. The molecule has 9 heteroatoms. The Balaban J connectivity index is 2.00. The third-order valence-electron chi connectivity index (χ3n) is 3.43. The van der Waals surface area contributed by atoms with Gasteiger partial charge in [-0.05, 0) is 30.0 Å². The van der Waals surface area contributed by atoms with Crippen LogP contribution in [0.1, 0.15) is 17.3 Å². The number of thioether (sulfide) groups is 1. The fourth-order valence-electron chi connectivity index (χ4n) is 2.19. The average molecular weight is 369 g/mol. The monoisotopic (exact) mass is 369 g/mol. The summed E-state index contributed by atoms with van der Waals surface area (Å²) in [5.41, 5.74) is 3.52. The number of nitro groups is 1.